The van der Waals surface area contributed by atoms with E-state index >= 15 is 0 Å². The number of thiazole rings is 1. The van der Waals surface area contributed by atoms with E-state index < -0.39 is 0 Å². The third kappa shape index (κ3) is 5.70. The summed E-state index contributed by atoms with van der Waals surface area (Å²) < 4.78 is 0. The van der Waals surface area contributed by atoms with Crippen LogP contribution in [-0.2, 0) is 16.0 Å². The number of benzene rings is 2. The third-order valence-corrected chi connectivity index (χ3v) is 6.39. The van der Waals surface area contributed by atoms with Crippen LogP contribution in [0.3, 0.4) is 0 Å². The van der Waals surface area contributed by atoms with Crippen molar-refractivity contribution in [2.24, 2.45) is 0 Å². The molecule has 6 nitrogen and oxygen atoms in total. The van der Waals surface area contributed by atoms with Crippen LogP contribution in [0.1, 0.15) is 5.69 Å². The number of nitrogens with zero attached hydrogens (tertiary/aromatic N) is 3. The number of piperazine rings is 1. The summed E-state index contributed by atoms with van der Waals surface area (Å²) in [5, 5.41) is 6.29. The number of hydrogen-bond donors (Lipinski definition) is 1. The lowest BCUT2D eigenvalue weighted by Gasteiger charge is -2.34. The summed E-state index contributed by atoms with van der Waals surface area (Å²) in [6, 6.07) is 17.0. The lowest BCUT2D eigenvalue weighted by atomic mass is 10.2. The molecule has 1 saturated heterocycles. The van der Waals surface area contributed by atoms with E-state index in [1.165, 1.54) is 11.3 Å². The normalized spacial score (nSPS) is 14.4. The van der Waals surface area contributed by atoms with Crippen molar-refractivity contribution in [2.45, 2.75) is 6.42 Å². The molecule has 0 atom stereocenters. The monoisotopic (exact) mass is 454 g/mol. The Morgan fingerprint density at radius 3 is 2.45 bits per heavy atom. The van der Waals surface area contributed by atoms with E-state index in [2.05, 4.69) is 15.2 Å². The first kappa shape index (κ1) is 21.5. The van der Waals surface area contributed by atoms with E-state index in [9.17, 15) is 9.59 Å². The van der Waals surface area contributed by atoms with Gasteiger partial charge in [0.1, 0.15) is 5.01 Å². The zero-order valence-electron chi connectivity index (χ0n) is 17.0. The number of halogens is 1. The molecule has 2 amide bonds. The molecular weight excluding hydrogens is 432 g/mol. The van der Waals surface area contributed by atoms with E-state index in [0.29, 0.717) is 37.7 Å². The van der Waals surface area contributed by atoms with E-state index in [1.54, 1.807) is 0 Å². The standard InChI is InChI=1S/C23H23ClN4O2S/c24-20-9-5-4-8-19(20)23-26-18(16-31-23)14-22(30)28-12-10-27(11-13-28)15-21(29)25-17-6-2-1-3-7-17/h1-9,16H,10-15H2,(H,25,29). The van der Waals surface area contributed by atoms with Crippen molar-refractivity contribution in [3.63, 3.8) is 0 Å². The van der Waals surface area contributed by atoms with Crippen molar-refractivity contribution >= 4 is 40.4 Å². The molecule has 0 saturated carbocycles. The Labute approximate surface area is 190 Å². The fraction of sp³-hybridized carbons (Fsp3) is 0.261. The summed E-state index contributed by atoms with van der Waals surface area (Å²) in [6.45, 7) is 2.90. The van der Waals surface area contributed by atoms with Crippen molar-refractivity contribution in [1.29, 1.82) is 0 Å². The van der Waals surface area contributed by atoms with Gasteiger partial charge < -0.3 is 10.2 Å². The first-order valence-electron chi connectivity index (χ1n) is 10.1. The average Bonchev–Trinajstić information content (AvgIpc) is 3.23. The molecule has 0 unspecified atom stereocenters. The van der Waals surface area contributed by atoms with Crippen LogP contribution in [0.25, 0.3) is 10.6 Å². The molecule has 31 heavy (non-hydrogen) atoms. The Bertz CT molecular complexity index is 1050. The summed E-state index contributed by atoms with van der Waals surface area (Å²) in [6.07, 6.45) is 0.273. The van der Waals surface area contributed by atoms with Gasteiger partial charge in [0.15, 0.2) is 0 Å². The molecule has 160 valence electrons. The second-order valence-electron chi connectivity index (χ2n) is 7.37. The Balaban J connectivity index is 1.25. The van der Waals surface area contributed by atoms with Crippen molar-refractivity contribution in [2.75, 3.05) is 38.0 Å². The molecule has 2 heterocycles. The quantitative estimate of drug-likeness (QED) is 0.615. The molecule has 0 bridgehead atoms. The lowest BCUT2D eigenvalue weighted by molar-refractivity contribution is -0.132. The SMILES string of the molecule is O=C(CN1CCN(C(=O)Cc2csc(-c3ccccc3Cl)n2)CC1)Nc1ccccc1. The van der Waals surface area contributed by atoms with Crippen LogP contribution in [0.4, 0.5) is 5.69 Å². The maximum Gasteiger partial charge on any atom is 0.238 e. The van der Waals surface area contributed by atoms with Gasteiger partial charge in [0.2, 0.25) is 11.8 Å². The number of nitrogens with one attached hydrogen (secondary N) is 1. The molecule has 1 fully saturated rings. The number of amides is 2. The highest BCUT2D eigenvalue weighted by Crippen LogP contribution is 2.30. The molecule has 2 aromatic carbocycles. The van der Waals surface area contributed by atoms with E-state index in [4.69, 9.17) is 11.6 Å². The molecule has 8 heteroatoms. The van der Waals surface area contributed by atoms with Gasteiger partial charge >= 0.3 is 0 Å². The third-order valence-electron chi connectivity index (χ3n) is 5.14. The molecule has 0 radical (unpaired) electrons. The zero-order chi connectivity index (χ0) is 21.6. The number of hydrogen-bond acceptors (Lipinski definition) is 5. The highest BCUT2D eigenvalue weighted by molar-refractivity contribution is 7.13. The minimum Gasteiger partial charge on any atom is -0.340 e. The minimum absolute atomic E-state index is 0.0412. The van der Waals surface area contributed by atoms with Crippen LogP contribution < -0.4 is 5.32 Å². The van der Waals surface area contributed by atoms with Crippen LogP contribution in [0, 0.1) is 0 Å². The minimum atomic E-state index is -0.0412. The lowest BCUT2D eigenvalue weighted by Crippen LogP contribution is -2.50. The van der Waals surface area contributed by atoms with Gasteiger partial charge in [0.05, 0.1) is 23.7 Å². The molecule has 1 aromatic heterocycles. The maximum atomic E-state index is 12.7. The first-order chi connectivity index (χ1) is 15.1. The topological polar surface area (TPSA) is 65.5 Å². The Kier molecular flexibility index (Phi) is 6.96. The van der Waals surface area contributed by atoms with Gasteiger partial charge in [0, 0.05) is 42.8 Å². The summed E-state index contributed by atoms with van der Waals surface area (Å²) in [5.41, 5.74) is 2.44. The summed E-state index contributed by atoms with van der Waals surface area (Å²) in [4.78, 5) is 33.5. The number of carbonyl (C=O) groups excluding carboxylic acids is 2. The number of anilines is 1. The number of rotatable bonds is 6. The second-order valence-corrected chi connectivity index (χ2v) is 8.64. The molecule has 0 spiro atoms. The predicted molar refractivity (Wildman–Crippen MR) is 124 cm³/mol. The molecule has 1 aliphatic rings. The first-order valence-corrected chi connectivity index (χ1v) is 11.4. The predicted octanol–water partition coefficient (Wildman–Crippen LogP) is 3.79. The smallest absolute Gasteiger partial charge is 0.238 e. The Morgan fingerprint density at radius 1 is 1.00 bits per heavy atom. The van der Waals surface area contributed by atoms with Gasteiger partial charge in [-0.05, 0) is 18.2 Å². The van der Waals surface area contributed by atoms with Gasteiger partial charge in [-0.1, -0.05) is 48.0 Å². The average molecular weight is 455 g/mol. The van der Waals surface area contributed by atoms with Crippen molar-refractivity contribution < 1.29 is 9.59 Å². The maximum absolute atomic E-state index is 12.7. The fourth-order valence-electron chi connectivity index (χ4n) is 3.49. The highest BCUT2D eigenvalue weighted by Gasteiger charge is 2.23. The van der Waals surface area contributed by atoms with Crippen molar-refractivity contribution in [3.05, 3.63) is 70.7 Å². The van der Waals surface area contributed by atoms with Crippen LogP contribution in [0.15, 0.2) is 60.0 Å². The zero-order valence-corrected chi connectivity index (χ0v) is 18.5. The van der Waals surface area contributed by atoms with Crippen LogP contribution in [0.2, 0.25) is 5.02 Å². The Morgan fingerprint density at radius 2 is 1.71 bits per heavy atom. The number of para-hydroxylation sites is 1. The Hall–Kier alpha value is -2.74. The van der Waals surface area contributed by atoms with Gasteiger partial charge in [0.25, 0.3) is 0 Å². The largest absolute Gasteiger partial charge is 0.340 e. The summed E-state index contributed by atoms with van der Waals surface area (Å²) >= 11 is 7.74. The van der Waals surface area contributed by atoms with Crippen LogP contribution >= 0.6 is 22.9 Å². The van der Waals surface area contributed by atoms with Crippen LogP contribution in [-0.4, -0.2) is 59.3 Å². The summed E-state index contributed by atoms with van der Waals surface area (Å²) in [7, 11) is 0. The molecule has 0 aliphatic carbocycles. The van der Waals surface area contributed by atoms with Gasteiger partial charge in [-0.15, -0.1) is 11.3 Å². The number of aromatic nitrogens is 1. The highest BCUT2D eigenvalue weighted by atomic mass is 35.5. The van der Waals surface area contributed by atoms with Crippen molar-refractivity contribution in [3.8, 4) is 10.6 Å². The molecular formula is C23H23ClN4O2S. The van der Waals surface area contributed by atoms with Gasteiger partial charge in [-0.3, -0.25) is 14.5 Å². The second kappa shape index (κ2) is 10.0. The van der Waals surface area contributed by atoms with E-state index in [-0.39, 0.29) is 18.2 Å². The fourth-order valence-corrected chi connectivity index (χ4v) is 4.63. The molecule has 3 aromatic rings. The molecule has 1 N–H and O–H groups in total. The van der Waals surface area contributed by atoms with Gasteiger partial charge in [-0.2, -0.15) is 0 Å². The molecule has 4 rings (SSSR count). The van der Waals surface area contributed by atoms with E-state index in [0.717, 1.165) is 22.0 Å². The van der Waals surface area contributed by atoms with Crippen molar-refractivity contribution in [1.82, 2.24) is 14.8 Å². The molecule has 1 aliphatic heterocycles. The summed E-state index contributed by atoms with van der Waals surface area (Å²) in [5.74, 6) is 0.0185. The van der Waals surface area contributed by atoms with Crippen LogP contribution in [0.5, 0.6) is 0 Å². The number of carbonyl (C=O) groups is 2. The van der Waals surface area contributed by atoms with E-state index in [1.807, 2.05) is 64.9 Å². The van der Waals surface area contributed by atoms with Gasteiger partial charge in [-0.25, -0.2) is 4.98 Å².